The van der Waals surface area contributed by atoms with E-state index in [4.69, 9.17) is 10.00 Å². The Morgan fingerprint density at radius 2 is 2.20 bits per heavy atom. The summed E-state index contributed by atoms with van der Waals surface area (Å²) in [5, 5.41) is 8.83. The van der Waals surface area contributed by atoms with Crippen molar-refractivity contribution in [2.45, 2.75) is 13.5 Å². The third-order valence-corrected chi connectivity index (χ3v) is 2.79. The Morgan fingerprint density at radius 3 is 2.85 bits per heavy atom. The molecule has 2 rings (SSSR count). The quantitative estimate of drug-likeness (QED) is 0.852. The van der Waals surface area contributed by atoms with E-state index in [0.29, 0.717) is 11.3 Å². The number of hydrogen-bond donors (Lipinski definition) is 0. The Morgan fingerprint density at radius 1 is 1.45 bits per heavy atom. The maximum atomic E-state index is 13.8. The zero-order valence-corrected chi connectivity index (χ0v) is 11.1. The first-order chi connectivity index (χ1) is 9.55. The minimum absolute atomic E-state index is 0.0450. The molecule has 0 aliphatic rings. The highest BCUT2D eigenvalue weighted by atomic mass is 19.1. The number of benzene rings is 1. The zero-order chi connectivity index (χ0) is 14.7. The SMILES string of the molecule is COc1nc(C)cc(=O)n1Cc1cc(C#N)ccc1F. The van der Waals surface area contributed by atoms with Crippen LogP contribution in [0.3, 0.4) is 0 Å². The molecular weight excluding hydrogens is 261 g/mol. The first-order valence-electron chi connectivity index (χ1n) is 5.86. The van der Waals surface area contributed by atoms with Crippen LogP contribution in [0.25, 0.3) is 0 Å². The van der Waals surface area contributed by atoms with Gasteiger partial charge in [0.05, 0.1) is 25.3 Å². The van der Waals surface area contributed by atoms with Crippen molar-refractivity contribution in [2.24, 2.45) is 0 Å². The summed E-state index contributed by atoms with van der Waals surface area (Å²) in [4.78, 5) is 16.0. The van der Waals surface area contributed by atoms with Crippen molar-refractivity contribution in [3.05, 3.63) is 57.3 Å². The second-order valence-corrected chi connectivity index (χ2v) is 4.23. The van der Waals surface area contributed by atoms with Crippen molar-refractivity contribution in [2.75, 3.05) is 7.11 Å². The normalized spacial score (nSPS) is 10.1. The van der Waals surface area contributed by atoms with E-state index in [1.807, 2.05) is 6.07 Å². The van der Waals surface area contributed by atoms with E-state index in [0.717, 1.165) is 0 Å². The lowest BCUT2D eigenvalue weighted by atomic mass is 10.1. The number of rotatable bonds is 3. The molecule has 0 N–H and O–H groups in total. The molecule has 5 nitrogen and oxygen atoms in total. The second kappa shape index (κ2) is 5.53. The summed E-state index contributed by atoms with van der Waals surface area (Å²) in [6.45, 7) is 1.63. The van der Waals surface area contributed by atoms with Gasteiger partial charge in [0.2, 0.25) is 0 Å². The molecule has 20 heavy (non-hydrogen) atoms. The molecule has 0 aliphatic carbocycles. The molecule has 1 aromatic heterocycles. The molecule has 0 spiro atoms. The van der Waals surface area contributed by atoms with Crippen LogP contribution in [0, 0.1) is 24.1 Å². The lowest BCUT2D eigenvalue weighted by Gasteiger charge is -2.11. The Bertz CT molecular complexity index is 747. The van der Waals surface area contributed by atoms with Crippen LogP contribution in [-0.4, -0.2) is 16.7 Å². The van der Waals surface area contributed by atoms with Crippen LogP contribution < -0.4 is 10.3 Å². The van der Waals surface area contributed by atoms with Crippen molar-refractivity contribution in [3.8, 4) is 12.1 Å². The van der Waals surface area contributed by atoms with Gasteiger partial charge in [-0.05, 0) is 25.1 Å². The summed E-state index contributed by atoms with van der Waals surface area (Å²) in [5.74, 6) is -0.487. The molecule has 0 atom stereocenters. The van der Waals surface area contributed by atoms with Gasteiger partial charge >= 0.3 is 0 Å². The standard InChI is InChI=1S/C14H12FN3O2/c1-9-5-13(19)18(14(17-9)20-2)8-11-6-10(7-16)3-4-12(11)15/h3-6H,8H2,1-2H3. The van der Waals surface area contributed by atoms with Gasteiger partial charge in [-0.25, -0.2) is 9.37 Å². The van der Waals surface area contributed by atoms with Crippen LogP contribution in [0.15, 0.2) is 29.1 Å². The summed E-state index contributed by atoms with van der Waals surface area (Å²) in [5.41, 5.74) is 0.744. The van der Waals surface area contributed by atoms with Gasteiger partial charge in [0.15, 0.2) is 0 Å². The first-order valence-corrected chi connectivity index (χ1v) is 5.86. The highest BCUT2D eigenvalue weighted by molar-refractivity contribution is 5.34. The number of halogens is 1. The van der Waals surface area contributed by atoms with Crippen LogP contribution in [0.5, 0.6) is 6.01 Å². The first kappa shape index (κ1) is 13.7. The topological polar surface area (TPSA) is 67.9 Å². The fourth-order valence-corrected chi connectivity index (χ4v) is 1.83. The Balaban J connectivity index is 2.50. The van der Waals surface area contributed by atoms with Crippen LogP contribution in [-0.2, 0) is 6.54 Å². The lowest BCUT2D eigenvalue weighted by molar-refractivity contribution is 0.349. The van der Waals surface area contributed by atoms with Gasteiger partial charge in [-0.15, -0.1) is 0 Å². The van der Waals surface area contributed by atoms with Gasteiger partial charge in [-0.1, -0.05) is 0 Å². The van der Waals surface area contributed by atoms with Crippen molar-refractivity contribution < 1.29 is 9.13 Å². The van der Waals surface area contributed by atoms with E-state index in [-0.39, 0.29) is 23.7 Å². The molecule has 102 valence electrons. The monoisotopic (exact) mass is 273 g/mol. The smallest absolute Gasteiger partial charge is 0.299 e. The zero-order valence-electron chi connectivity index (χ0n) is 11.1. The number of hydrogen-bond acceptors (Lipinski definition) is 4. The van der Waals surface area contributed by atoms with Crippen molar-refractivity contribution in [3.63, 3.8) is 0 Å². The molecular formula is C14H12FN3O2. The van der Waals surface area contributed by atoms with Crippen LogP contribution in [0.4, 0.5) is 4.39 Å². The highest BCUT2D eigenvalue weighted by Crippen LogP contribution is 2.14. The molecule has 0 amide bonds. The van der Waals surface area contributed by atoms with Crippen LogP contribution in [0.2, 0.25) is 0 Å². The Labute approximate surface area is 114 Å². The van der Waals surface area contributed by atoms with Gasteiger partial charge in [0, 0.05) is 17.3 Å². The number of methoxy groups -OCH3 is 1. The fraction of sp³-hybridized carbons (Fsp3) is 0.214. The van der Waals surface area contributed by atoms with Gasteiger partial charge in [0.25, 0.3) is 11.6 Å². The number of nitrogens with zero attached hydrogens (tertiary/aromatic N) is 3. The third-order valence-electron chi connectivity index (χ3n) is 2.79. The molecule has 0 aliphatic heterocycles. The maximum Gasteiger partial charge on any atom is 0.299 e. The third kappa shape index (κ3) is 2.67. The van der Waals surface area contributed by atoms with Gasteiger partial charge in [-0.3, -0.25) is 9.36 Å². The molecule has 0 bridgehead atoms. The predicted molar refractivity (Wildman–Crippen MR) is 70.0 cm³/mol. The number of ether oxygens (including phenoxy) is 1. The van der Waals surface area contributed by atoms with Crippen molar-refractivity contribution in [1.82, 2.24) is 9.55 Å². The minimum atomic E-state index is -0.487. The van der Waals surface area contributed by atoms with Gasteiger partial charge in [-0.2, -0.15) is 5.26 Å². The van der Waals surface area contributed by atoms with E-state index in [2.05, 4.69) is 4.98 Å². The molecule has 1 aromatic carbocycles. The van der Waals surface area contributed by atoms with Crippen molar-refractivity contribution >= 4 is 0 Å². The molecule has 0 saturated carbocycles. The summed E-state index contributed by atoms with van der Waals surface area (Å²) in [6.07, 6.45) is 0. The second-order valence-electron chi connectivity index (χ2n) is 4.23. The van der Waals surface area contributed by atoms with Crippen molar-refractivity contribution in [1.29, 1.82) is 5.26 Å². The largest absolute Gasteiger partial charge is 0.468 e. The van der Waals surface area contributed by atoms with Crippen LogP contribution >= 0.6 is 0 Å². The summed E-state index contributed by atoms with van der Waals surface area (Å²) in [6, 6.07) is 7.37. The minimum Gasteiger partial charge on any atom is -0.468 e. The molecule has 2 aromatic rings. The Hall–Kier alpha value is -2.68. The highest BCUT2D eigenvalue weighted by Gasteiger charge is 2.11. The van der Waals surface area contributed by atoms with E-state index >= 15 is 0 Å². The van der Waals surface area contributed by atoms with E-state index in [1.54, 1.807) is 6.92 Å². The molecule has 0 fully saturated rings. The fourth-order valence-electron chi connectivity index (χ4n) is 1.83. The summed E-state index contributed by atoms with van der Waals surface area (Å²) < 4.78 is 20.0. The van der Waals surface area contributed by atoms with E-state index < -0.39 is 5.82 Å². The molecule has 6 heteroatoms. The molecule has 0 saturated heterocycles. The summed E-state index contributed by atoms with van der Waals surface area (Å²) >= 11 is 0. The van der Waals surface area contributed by atoms with Gasteiger partial charge in [0.1, 0.15) is 5.82 Å². The average molecular weight is 273 g/mol. The maximum absolute atomic E-state index is 13.8. The number of nitriles is 1. The van der Waals surface area contributed by atoms with Crippen LogP contribution in [0.1, 0.15) is 16.8 Å². The van der Waals surface area contributed by atoms with Gasteiger partial charge < -0.3 is 4.74 Å². The summed E-state index contributed by atoms with van der Waals surface area (Å²) in [7, 11) is 1.39. The van der Waals surface area contributed by atoms with E-state index in [9.17, 15) is 9.18 Å². The number of aryl methyl sites for hydroxylation is 1. The predicted octanol–water partition coefficient (Wildman–Crippen LogP) is 1.62. The molecule has 1 heterocycles. The molecule has 0 radical (unpaired) electrons. The average Bonchev–Trinajstić information content (AvgIpc) is 2.43. The molecule has 0 unspecified atom stereocenters. The van der Waals surface area contributed by atoms with E-state index in [1.165, 1.54) is 35.9 Å². The number of aromatic nitrogens is 2. The Kier molecular flexibility index (Phi) is 3.80. The lowest BCUT2D eigenvalue weighted by Crippen LogP contribution is -2.23.